The van der Waals surface area contributed by atoms with Crippen molar-refractivity contribution in [2.24, 2.45) is 5.92 Å². The zero-order valence-electron chi connectivity index (χ0n) is 19.3. The molecule has 0 bridgehead atoms. The summed E-state index contributed by atoms with van der Waals surface area (Å²) in [6.45, 7) is 2.50. The van der Waals surface area contributed by atoms with Gasteiger partial charge in [-0.1, -0.05) is 83.3 Å². The van der Waals surface area contributed by atoms with Gasteiger partial charge in [0.15, 0.2) is 0 Å². The van der Waals surface area contributed by atoms with E-state index in [9.17, 15) is 14.4 Å². The Hall–Kier alpha value is -3.62. The van der Waals surface area contributed by atoms with E-state index in [0.29, 0.717) is 23.1 Å². The Balaban J connectivity index is 1.32. The van der Waals surface area contributed by atoms with Crippen LogP contribution in [0.1, 0.15) is 27.5 Å². The number of hydrogen-bond acceptors (Lipinski definition) is 6. The zero-order chi connectivity index (χ0) is 24.8. The van der Waals surface area contributed by atoms with Crippen molar-refractivity contribution in [3.8, 4) is 5.75 Å². The molecule has 1 saturated heterocycles. The van der Waals surface area contributed by atoms with Crippen molar-refractivity contribution in [2.45, 2.75) is 29.7 Å². The molecule has 2 amide bonds. The number of rotatable bonds is 5. The predicted molar refractivity (Wildman–Crippen MR) is 141 cm³/mol. The average Bonchev–Trinajstić information content (AvgIpc) is 3.39. The number of thiazole rings is 1. The summed E-state index contributed by atoms with van der Waals surface area (Å²) in [4.78, 5) is 44.1. The summed E-state index contributed by atoms with van der Waals surface area (Å²) in [6.07, 6.45) is 0. The molecule has 2 aliphatic rings. The number of nitrogens with zero attached hydrogens (tertiary/aromatic N) is 1. The molecule has 3 atom stereocenters. The monoisotopic (exact) mass is 514 g/mol. The van der Waals surface area contributed by atoms with Crippen LogP contribution in [0.4, 0.5) is 5.69 Å². The lowest BCUT2D eigenvalue weighted by atomic mass is 9.83. The molecule has 0 spiro atoms. The van der Waals surface area contributed by atoms with E-state index in [4.69, 9.17) is 4.74 Å². The Morgan fingerprint density at radius 1 is 0.889 bits per heavy atom. The number of amides is 2. The van der Waals surface area contributed by atoms with Crippen molar-refractivity contribution in [1.82, 2.24) is 4.98 Å². The Kier molecular flexibility index (Phi) is 5.78. The Morgan fingerprint density at radius 3 is 2.33 bits per heavy atom. The van der Waals surface area contributed by atoms with E-state index in [1.165, 1.54) is 22.2 Å². The highest BCUT2D eigenvalue weighted by Gasteiger charge is 2.56. The maximum atomic E-state index is 13.7. The summed E-state index contributed by atoms with van der Waals surface area (Å²) in [5.74, 6) is -0.766. The normalized spacial score (nSPS) is 20.8. The number of carbonyl (C=O) groups is 2. The van der Waals surface area contributed by atoms with Crippen LogP contribution in [0.25, 0.3) is 0 Å². The topological polar surface area (TPSA) is 79.5 Å². The fraction of sp³-hybridized carbons (Fsp3) is 0.179. The van der Waals surface area contributed by atoms with Crippen LogP contribution in [0.15, 0.2) is 88.7 Å². The maximum Gasteiger partial charge on any atom is 0.305 e. The van der Waals surface area contributed by atoms with Crippen LogP contribution in [0, 0.1) is 12.8 Å². The summed E-state index contributed by atoms with van der Waals surface area (Å²) in [5.41, 5.74) is 3.72. The minimum atomic E-state index is -0.599. The molecule has 36 heavy (non-hydrogen) atoms. The van der Waals surface area contributed by atoms with E-state index in [-0.39, 0.29) is 16.7 Å². The molecule has 8 heteroatoms. The number of benzene rings is 3. The quantitative estimate of drug-likeness (QED) is 0.374. The van der Waals surface area contributed by atoms with E-state index >= 15 is 0 Å². The Labute approximate surface area is 215 Å². The van der Waals surface area contributed by atoms with Crippen molar-refractivity contribution < 1.29 is 14.3 Å². The van der Waals surface area contributed by atoms with Crippen molar-refractivity contribution in [1.29, 1.82) is 0 Å². The SMILES string of the molecule is Cc1ccc(COc2ccc(C3c4sc(=O)[nH]c4SC4C(=O)N(c5ccccc5)C(=O)C43)cc2)cc1. The second kappa shape index (κ2) is 9.11. The number of fused-ring (bicyclic) bond motifs is 2. The molecule has 3 heterocycles. The van der Waals surface area contributed by atoms with E-state index in [2.05, 4.69) is 17.1 Å². The number of aromatic nitrogens is 1. The highest BCUT2D eigenvalue weighted by molar-refractivity contribution is 8.00. The molecule has 3 unspecified atom stereocenters. The van der Waals surface area contributed by atoms with Crippen molar-refractivity contribution in [3.05, 3.63) is 110 Å². The molecule has 0 aliphatic carbocycles. The Bertz CT molecular complexity index is 1490. The van der Waals surface area contributed by atoms with Gasteiger partial charge in [-0.25, -0.2) is 4.90 Å². The molecule has 6 rings (SSSR count). The maximum absolute atomic E-state index is 13.7. The number of nitrogens with one attached hydrogen (secondary N) is 1. The molecular weight excluding hydrogens is 492 g/mol. The number of carbonyl (C=O) groups excluding carboxylic acids is 2. The van der Waals surface area contributed by atoms with Crippen LogP contribution in [0.5, 0.6) is 5.75 Å². The van der Waals surface area contributed by atoms with Gasteiger partial charge in [-0.3, -0.25) is 14.4 Å². The first-order valence-corrected chi connectivity index (χ1v) is 13.3. The lowest BCUT2D eigenvalue weighted by molar-refractivity contribution is -0.122. The van der Waals surface area contributed by atoms with Gasteiger partial charge in [0.25, 0.3) is 0 Å². The largest absolute Gasteiger partial charge is 0.489 e. The van der Waals surface area contributed by atoms with Crippen LogP contribution in [-0.4, -0.2) is 22.0 Å². The summed E-state index contributed by atoms with van der Waals surface area (Å²) >= 11 is 2.40. The minimum Gasteiger partial charge on any atom is -0.489 e. The number of anilines is 1. The summed E-state index contributed by atoms with van der Waals surface area (Å²) in [7, 11) is 0. The van der Waals surface area contributed by atoms with Crippen molar-refractivity contribution in [3.63, 3.8) is 0 Å². The van der Waals surface area contributed by atoms with Crippen LogP contribution in [0.2, 0.25) is 0 Å². The third kappa shape index (κ3) is 3.96. The fourth-order valence-electron chi connectivity index (χ4n) is 4.83. The third-order valence-electron chi connectivity index (χ3n) is 6.60. The first-order chi connectivity index (χ1) is 17.5. The van der Waals surface area contributed by atoms with Crippen LogP contribution in [0.3, 0.4) is 0 Å². The number of aromatic amines is 1. The molecule has 1 aromatic heterocycles. The fourth-order valence-corrected chi connectivity index (χ4v) is 7.35. The standard InChI is InChI=1S/C28H22N2O4S2/c1-16-7-9-17(10-8-16)15-34-20-13-11-18(12-14-20)21-22-24(35-25-23(21)36-28(33)29-25)27(32)30(26(22)31)19-5-3-2-4-6-19/h2-14,21-22,24H,15H2,1H3,(H,29,33). The molecule has 3 aromatic carbocycles. The van der Waals surface area contributed by atoms with Gasteiger partial charge in [-0.15, -0.1) is 0 Å². The number of aryl methyl sites for hydroxylation is 1. The minimum absolute atomic E-state index is 0.185. The van der Waals surface area contributed by atoms with Gasteiger partial charge in [-0.05, 0) is 42.3 Å². The van der Waals surface area contributed by atoms with Gasteiger partial charge in [-0.2, -0.15) is 0 Å². The van der Waals surface area contributed by atoms with Gasteiger partial charge < -0.3 is 9.72 Å². The molecule has 1 fully saturated rings. The zero-order valence-corrected chi connectivity index (χ0v) is 21.0. The number of thioether (sulfide) groups is 1. The second-order valence-corrected chi connectivity index (χ2v) is 11.1. The smallest absolute Gasteiger partial charge is 0.305 e. The van der Waals surface area contributed by atoms with Crippen LogP contribution < -0.4 is 14.5 Å². The highest BCUT2D eigenvalue weighted by atomic mass is 32.2. The van der Waals surface area contributed by atoms with E-state index in [0.717, 1.165) is 27.3 Å². The summed E-state index contributed by atoms with van der Waals surface area (Å²) in [6, 6.07) is 24.8. The van der Waals surface area contributed by atoms with Gasteiger partial charge in [0.1, 0.15) is 17.6 Å². The molecule has 180 valence electrons. The van der Waals surface area contributed by atoms with Crippen LogP contribution in [-0.2, 0) is 16.2 Å². The van der Waals surface area contributed by atoms with E-state index in [1.54, 1.807) is 12.1 Å². The van der Waals surface area contributed by atoms with Crippen molar-refractivity contribution >= 4 is 40.6 Å². The molecular formula is C28H22N2O4S2. The number of imide groups is 1. The molecule has 0 radical (unpaired) electrons. The third-order valence-corrected chi connectivity index (χ3v) is 9.00. The van der Waals surface area contributed by atoms with Gasteiger partial charge in [0.05, 0.1) is 16.6 Å². The number of para-hydroxylation sites is 1. The lowest BCUT2D eigenvalue weighted by Crippen LogP contribution is -2.32. The highest BCUT2D eigenvalue weighted by Crippen LogP contribution is 2.53. The van der Waals surface area contributed by atoms with Crippen molar-refractivity contribution in [2.75, 3.05) is 4.90 Å². The van der Waals surface area contributed by atoms with Gasteiger partial charge >= 0.3 is 4.87 Å². The number of H-pyrrole nitrogens is 1. The number of ether oxygens (including phenoxy) is 1. The molecule has 1 N–H and O–H groups in total. The predicted octanol–water partition coefficient (Wildman–Crippen LogP) is 5.12. The molecule has 6 nitrogen and oxygen atoms in total. The molecule has 0 saturated carbocycles. The summed E-state index contributed by atoms with van der Waals surface area (Å²) < 4.78 is 5.96. The second-order valence-electron chi connectivity index (χ2n) is 8.94. The molecule has 4 aromatic rings. The first-order valence-electron chi connectivity index (χ1n) is 11.6. The summed E-state index contributed by atoms with van der Waals surface area (Å²) in [5, 5.41) is 0.0740. The van der Waals surface area contributed by atoms with E-state index in [1.807, 2.05) is 61.5 Å². The molecule has 2 aliphatic heterocycles. The van der Waals surface area contributed by atoms with Gasteiger partial charge in [0, 0.05) is 10.8 Å². The van der Waals surface area contributed by atoms with Crippen LogP contribution >= 0.6 is 23.1 Å². The number of hydrogen-bond donors (Lipinski definition) is 1. The Morgan fingerprint density at radius 2 is 1.61 bits per heavy atom. The van der Waals surface area contributed by atoms with E-state index < -0.39 is 17.1 Å². The van der Waals surface area contributed by atoms with Gasteiger partial charge in [0.2, 0.25) is 11.8 Å². The average molecular weight is 515 g/mol. The first kappa shape index (κ1) is 22.8. The lowest BCUT2D eigenvalue weighted by Gasteiger charge is -2.29.